The van der Waals surface area contributed by atoms with Gasteiger partial charge in [-0.15, -0.1) is 0 Å². The van der Waals surface area contributed by atoms with Gasteiger partial charge in [0.1, 0.15) is 0 Å². The first-order chi connectivity index (χ1) is 11.0. The fourth-order valence-electron chi connectivity index (χ4n) is 3.27. The molecule has 0 N–H and O–H groups in total. The Bertz CT molecular complexity index is 531. The maximum atomic E-state index is 13.0. The van der Waals surface area contributed by atoms with Crippen LogP contribution in [0.25, 0.3) is 0 Å². The second kappa shape index (κ2) is 7.57. The average Bonchev–Trinajstić information content (AvgIpc) is 2.59. The predicted octanol–water partition coefficient (Wildman–Crippen LogP) is 3.36. The number of benzene rings is 1. The average molecular weight is 321 g/mol. The molecule has 0 radical (unpaired) electrons. The van der Waals surface area contributed by atoms with Gasteiger partial charge in [0, 0.05) is 18.2 Å². The molecule has 1 aromatic carbocycles. The van der Waals surface area contributed by atoms with Crippen molar-refractivity contribution in [2.24, 2.45) is 5.92 Å². The molecule has 0 aromatic heterocycles. The second-order valence-corrected chi connectivity index (χ2v) is 6.22. The summed E-state index contributed by atoms with van der Waals surface area (Å²) in [7, 11) is 4.67. The molecule has 0 bridgehead atoms. The van der Waals surface area contributed by atoms with E-state index in [-0.39, 0.29) is 11.9 Å². The van der Waals surface area contributed by atoms with Crippen molar-refractivity contribution >= 4 is 5.91 Å². The van der Waals surface area contributed by atoms with Crippen molar-refractivity contribution in [1.29, 1.82) is 0 Å². The molecule has 1 amide bonds. The molecule has 0 spiro atoms. The lowest BCUT2D eigenvalue weighted by molar-refractivity contribution is 0.0542. The number of hydrogen-bond acceptors (Lipinski definition) is 4. The van der Waals surface area contributed by atoms with Crippen LogP contribution in [0, 0.1) is 5.92 Å². The van der Waals surface area contributed by atoms with Gasteiger partial charge in [0.2, 0.25) is 5.75 Å². The highest BCUT2D eigenvalue weighted by atomic mass is 16.5. The van der Waals surface area contributed by atoms with Crippen molar-refractivity contribution in [2.75, 3.05) is 27.9 Å². The summed E-state index contributed by atoms with van der Waals surface area (Å²) in [6, 6.07) is 3.75. The zero-order valence-corrected chi connectivity index (χ0v) is 14.7. The molecule has 1 aliphatic heterocycles. The highest BCUT2D eigenvalue weighted by Gasteiger charge is 2.30. The van der Waals surface area contributed by atoms with Gasteiger partial charge in [-0.2, -0.15) is 0 Å². The molecule has 5 heteroatoms. The van der Waals surface area contributed by atoms with E-state index in [1.165, 1.54) is 6.42 Å². The first-order valence-corrected chi connectivity index (χ1v) is 8.14. The van der Waals surface area contributed by atoms with Crippen molar-refractivity contribution in [3.63, 3.8) is 0 Å². The first-order valence-electron chi connectivity index (χ1n) is 8.14. The number of nitrogens with zero attached hydrogens (tertiary/aromatic N) is 1. The Morgan fingerprint density at radius 1 is 1.09 bits per heavy atom. The van der Waals surface area contributed by atoms with E-state index >= 15 is 0 Å². The van der Waals surface area contributed by atoms with Gasteiger partial charge in [-0.05, 0) is 37.3 Å². The lowest BCUT2D eigenvalue weighted by atomic mass is 9.92. The quantitative estimate of drug-likeness (QED) is 0.834. The number of hydrogen-bond donors (Lipinski definition) is 0. The molecular weight excluding hydrogens is 294 g/mol. The summed E-state index contributed by atoms with van der Waals surface area (Å²) in [5, 5.41) is 0. The maximum absolute atomic E-state index is 13.0. The molecule has 2 rings (SSSR count). The first kappa shape index (κ1) is 17.4. The molecule has 128 valence electrons. The zero-order valence-electron chi connectivity index (χ0n) is 14.7. The lowest BCUT2D eigenvalue weighted by Crippen LogP contribution is -2.46. The van der Waals surface area contributed by atoms with Crippen LogP contribution in [0.15, 0.2) is 12.1 Å². The largest absolute Gasteiger partial charge is 0.493 e. The Morgan fingerprint density at radius 2 is 1.70 bits per heavy atom. The number of amides is 1. The summed E-state index contributed by atoms with van der Waals surface area (Å²) in [5.41, 5.74) is 0.576. The summed E-state index contributed by atoms with van der Waals surface area (Å²) >= 11 is 0. The van der Waals surface area contributed by atoms with Gasteiger partial charge in [0.15, 0.2) is 11.5 Å². The van der Waals surface area contributed by atoms with Gasteiger partial charge < -0.3 is 19.1 Å². The van der Waals surface area contributed by atoms with E-state index in [0.29, 0.717) is 28.7 Å². The summed E-state index contributed by atoms with van der Waals surface area (Å²) in [4.78, 5) is 15.0. The molecule has 0 unspecified atom stereocenters. The Kier molecular flexibility index (Phi) is 5.74. The van der Waals surface area contributed by atoms with Crippen LogP contribution in [0.1, 0.15) is 43.5 Å². The molecular formula is C18H27NO4. The predicted molar refractivity (Wildman–Crippen MR) is 89.6 cm³/mol. The number of carbonyl (C=O) groups excluding carboxylic acids is 1. The van der Waals surface area contributed by atoms with E-state index in [2.05, 4.69) is 13.8 Å². The minimum Gasteiger partial charge on any atom is -0.493 e. The molecule has 1 aliphatic rings. The van der Waals surface area contributed by atoms with E-state index < -0.39 is 0 Å². The topological polar surface area (TPSA) is 48.0 Å². The van der Waals surface area contributed by atoms with Crippen LogP contribution in [0.4, 0.5) is 0 Å². The monoisotopic (exact) mass is 321 g/mol. The molecule has 23 heavy (non-hydrogen) atoms. The van der Waals surface area contributed by atoms with Crippen LogP contribution in [-0.4, -0.2) is 44.7 Å². The van der Waals surface area contributed by atoms with E-state index in [1.54, 1.807) is 33.5 Å². The number of piperidine rings is 1. The number of likely N-dealkylation sites (tertiary alicyclic amines) is 1. The van der Waals surface area contributed by atoms with Crippen LogP contribution < -0.4 is 14.2 Å². The number of carbonyl (C=O) groups is 1. The van der Waals surface area contributed by atoms with Crippen molar-refractivity contribution in [3.05, 3.63) is 17.7 Å². The van der Waals surface area contributed by atoms with Gasteiger partial charge in [-0.25, -0.2) is 0 Å². The molecule has 1 aromatic rings. The van der Waals surface area contributed by atoms with E-state index in [1.807, 2.05) is 4.90 Å². The van der Waals surface area contributed by atoms with Crippen LogP contribution in [0.3, 0.4) is 0 Å². The lowest BCUT2D eigenvalue weighted by Gasteiger charge is -2.38. The van der Waals surface area contributed by atoms with Crippen molar-refractivity contribution < 1.29 is 19.0 Å². The van der Waals surface area contributed by atoms with Crippen LogP contribution >= 0.6 is 0 Å². The van der Waals surface area contributed by atoms with E-state index in [9.17, 15) is 4.79 Å². The Labute approximate surface area is 138 Å². The Hall–Kier alpha value is -1.91. The molecule has 5 nitrogen and oxygen atoms in total. The Balaban J connectivity index is 2.38. The summed E-state index contributed by atoms with van der Waals surface area (Å²) in [5.74, 6) is 2.00. The number of ether oxygens (including phenoxy) is 3. The number of rotatable bonds is 5. The minimum atomic E-state index is 0.0302. The van der Waals surface area contributed by atoms with E-state index in [0.717, 1.165) is 19.4 Å². The molecule has 1 atom stereocenters. The minimum absolute atomic E-state index is 0.0302. The third-order valence-electron chi connectivity index (χ3n) is 4.49. The standard InChI is InChI=1S/C18H27NO4/c1-12(2)14-8-6-7-9-19(14)18(20)13-10-15(21-3)17(23-5)16(11-13)22-4/h10-12,14H,6-9H2,1-5H3/t14-/m1/s1. The molecule has 0 aliphatic carbocycles. The van der Waals surface area contributed by atoms with Gasteiger partial charge >= 0.3 is 0 Å². The SMILES string of the molecule is COc1cc(C(=O)N2CCCC[C@@H]2C(C)C)cc(OC)c1OC. The van der Waals surface area contributed by atoms with Crippen molar-refractivity contribution in [2.45, 2.75) is 39.2 Å². The summed E-state index contributed by atoms with van der Waals surface area (Å²) < 4.78 is 16.0. The second-order valence-electron chi connectivity index (χ2n) is 6.22. The Morgan fingerprint density at radius 3 is 2.17 bits per heavy atom. The highest BCUT2D eigenvalue weighted by Crippen LogP contribution is 2.39. The molecule has 1 saturated heterocycles. The van der Waals surface area contributed by atoms with Crippen LogP contribution in [0.5, 0.6) is 17.2 Å². The highest BCUT2D eigenvalue weighted by molar-refractivity contribution is 5.96. The normalized spacial score (nSPS) is 18.0. The molecule has 0 saturated carbocycles. The fraction of sp³-hybridized carbons (Fsp3) is 0.611. The summed E-state index contributed by atoms with van der Waals surface area (Å²) in [6.45, 7) is 5.15. The summed E-state index contributed by atoms with van der Waals surface area (Å²) in [6.07, 6.45) is 3.30. The smallest absolute Gasteiger partial charge is 0.254 e. The fourth-order valence-corrected chi connectivity index (χ4v) is 3.27. The van der Waals surface area contributed by atoms with Gasteiger partial charge in [0.05, 0.1) is 21.3 Å². The molecule has 1 heterocycles. The number of methoxy groups -OCH3 is 3. The van der Waals surface area contributed by atoms with Gasteiger partial charge in [0.25, 0.3) is 5.91 Å². The maximum Gasteiger partial charge on any atom is 0.254 e. The van der Waals surface area contributed by atoms with Gasteiger partial charge in [-0.1, -0.05) is 13.8 Å². The third-order valence-corrected chi connectivity index (χ3v) is 4.49. The van der Waals surface area contributed by atoms with Crippen LogP contribution in [0.2, 0.25) is 0 Å². The van der Waals surface area contributed by atoms with Gasteiger partial charge in [-0.3, -0.25) is 4.79 Å². The zero-order chi connectivity index (χ0) is 17.0. The van der Waals surface area contributed by atoms with Crippen molar-refractivity contribution in [1.82, 2.24) is 4.90 Å². The van der Waals surface area contributed by atoms with Crippen LogP contribution in [-0.2, 0) is 0 Å². The van der Waals surface area contributed by atoms with Crippen molar-refractivity contribution in [3.8, 4) is 17.2 Å². The van der Waals surface area contributed by atoms with E-state index in [4.69, 9.17) is 14.2 Å². The third kappa shape index (κ3) is 3.54. The molecule has 1 fully saturated rings.